The van der Waals surface area contributed by atoms with Crippen LogP contribution in [-0.2, 0) is 0 Å². The van der Waals surface area contributed by atoms with Crippen molar-refractivity contribution in [3.8, 4) is 0 Å². The van der Waals surface area contributed by atoms with Crippen molar-refractivity contribution in [2.24, 2.45) is 0 Å². The van der Waals surface area contributed by atoms with Crippen molar-refractivity contribution in [1.29, 1.82) is 0 Å². The van der Waals surface area contributed by atoms with Crippen molar-refractivity contribution in [2.45, 2.75) is 13.8 Å². The summed E-state index contributed by atoms with van der Waals surface area (Å²) in [5, 5.41) is 1.46. The summed E-state index contributed by atoms with van der Waals surface area (Å²) in [5.74, 6) is 0. The largest absolute Gasteiger partial charge is 0.139 e. The van der Waals surface area contributed by atoms with Gasteiger partial charge in [0.15, 0.2) is 0 Å². The molecule has 2 heterocycles. The summed E-state index contributed by atoms with van der Waals surface area (Å²) < 4.78 is 4.34. The molecule has 0 saturated heterocycles. The molecule has 0 amide bonds. The first-order chi connectivity index (χ1) is 6.75. The molecule has 0 nitrogen and oxygen atoms in total. The van der Waals surface area contributed by atoms with Crippen LogP contribution in [0.4, 0.5) is 0 Å². The van der Waals surface area contributed by atoms with E-state index in [9.17, 15) is 0 Å². The van der Waals surface area contributed by atoms with Gasteiger partial charge in [0.25, 0.3) is 0 Å². The molecule has 3 aromatic rings. The summed E-state index contributed by atoms with van der Waals surface area (Å²) in [6.07, 6.45) is 0. The van der Waals surface area contributed by atoms with E-state index in [-0.39, 0.29) is 0 Å². The van der Waals surface area contributed by atoms with E-state index in [1.165, 1.54) is 29.9 Å². The highest BCUT2D eigenvalue weighted by atomic mass is 32.1. The fraction of sp³-hybridized carbons (Fsp3) is 0.167. The molecule has 0 spiro atoms. The van der Waals surface area contributed by atoms with Crippen LogP contribution in [-0.4, -0.2) is 0 Å². The van der Waals surface area contributed by atoms with Gasteiger partial charge in [-0.2, -0.15) is 0 Å². The van der Waals surface area contributed by atoms with Crippen LogP contribution < -0.4 is 0 Å². The zero-order valence-electron chi connectivity index (χ0n) is 8.13. The standard InChI is InChI=1S/C12H10S2/c1-7-4-3-5-9-11(7)12-10(14-9)6-8(2)13-12/h3-6H,1-2H3. The Kier molecular flexibility index (Phi) is 1.70. The molecule has 0 unspecified atom stereocenters. The van der Waals surface area contributed by atoms with E-state index in [1.807, 2.05) is 22.7 Å². The van der Waals surface area contributed by atoms with Crippen molar-refractivity contribution in [1.82, 2.24) is 0 Å². The normalized spacial score (nSPS) is 11.6. The summed E-state index contributed by atoms with van der Waals surface area (Å²) in [6, 6.07) is 8.85. The summed E-state index contributed by atoms with van der Waals surface area (Å²) in [4.78, 5) is 1.41. The van der Waals surface area contributed by atoms with Gasteiger partial charge in [-0.3, -0.25) is 0 Å². The van der Waals surface area contributed by atoms with Gasteiger partial charge in [0, 0.05) is 19.7 Å². The monoisotopic (exact) mass is 218 g/mol. The smallest absolute Gasteiger partial charge is 0.0534 e. The topological polar surface area (TPSA) is 0 Å². The predicted molar refractivity (Wildman–Crippen MR) is 66.7 cm³/mol. The molecule has 2 heteroatoms. The Bertz CT molecular complexity index is 614. The van der Waals surface area contributed by atoms with Crippen LogP contribution in [0.25, 0.3) is 19.5 Å². The van der Waals surface area contributed by atoms with Gasteiger partial charge in [0.05, 0.1) is 4.70 Å². The third-order valence-corrected chi connectivity index (χ3v) is 4.80. The highest BCUT2D eigenvalue weighted by molar-refractivity contribution is 7.32. The van der Waals surface area contributed by atoms with E-state index in [1.54, 1.807) is 0 Å². The molecule has 0 saturated carbocycles. The average Bonchev–Trinajstić information content (AvgIpc) is 2.60. The molecule has 0 atom stereocenters. The van der Waals surface area contributed by atoms with E-state index < -0.39 is 0 Å². The lowest BCUT2D eigenvalue weighted by Crippen LogP contribution is -1.70. The van der Waals surface area contributed by atoms with Crippen molar-refractivity contribution < 1.29 is 0 Å². The predicted octanol–water partition coefficient (Wildman–Crippen LogP) is 4.73. The van der Waals surface area contributed by atoms with Crippen molar-refractivity contribution >= 4 is 42.2 Å². The third-order valence-electron chi connectivity index (χ3n) is 2.50. The van der Waals surface area contributed by atoms with Crippen LogP contribution in [0.3, 0.4) is 0 Å². The highest BCUT2D eigenvalue weighted by Gasteiger charge is 2.08. The summed E-state index contributed by atoms with van der Waals surface area (Å²) in [6.45, 7) is 4.38. The van der Waals surface area contributed by atoms with Crippen LogP contribution in [0.5, 0.6) is 0 Å². The second kappa shape index (κ2) is 2.81. The Hall–Kier alpha value is -0.860. The highest BCUT2D eigenvalue weighted by Crippen LogP contribution is 2.40. The van der Waals surface area contributed by atoms with E-state index >= 15 is 0 Å². The third kappa shape index (κ3) is 1.04. The molecule has 0 aliphatic heterocycles. The number of aryl methyl sites for hydroxylation is 2. The molecule has 3 rings (SSSR count). The number of benzene rings is 1. The number of fused-ring (bicyclic) bond motifs is 3. The second-order valence-corrected chi connectivity index (χ2v) is 5.94. The van der Waals surface area contributed by atoms with Gasteiger partial charge in [0.2, 0.25) is 0 Å². The molecule has 0 bridgehead atoms. The van der Waals surface area contributed by atoms with Gasteiger partial charge >= 0.3 is 0 Å². The van der Waals surface area contributed by atoms with Gasteiger partial charge in [-0.05, 0) is 31.5 Å². The molecule has 0 aliphatic rings. The molecular weight excluding hydrogens is 208 g/mol. The zero-order chi connectivity index (χ0) is 9.71. The minimum absolute atomic E-state index is 1.40. The molecule has 70 valence electrons. The molecule has 14 heavy (non-hydrogen) atoms. The summed E-state index contributed by atoms with van der Waals surface area (Å²) in [7, 11) is 0. The van der Waals surface area contributed by atoms with Crippen LogP contribution >= 0.6 is 22.7 Å². The number of hydrogen-bond acceptors (Lipinski definition) is 2. The molecular formula is C12H10S2. The Labute approximate surface area is 90.8 Å². The number of hydrogen-bond donors (Lipinski definition) is 0. The fourth-order valence-corrected chi connectivity index (χ4v) is 4.48. The van der Waals surface area contributed by atoms with Gasteiger partial charge in [-0.25, -0.2) is 0 Å². The Balaban J connectivity index is 2.61. The van der Waals surface area contributed by atoms with E-state index in [2.05, 4.69) is 38.1 Å². The lowest BCUT2D eigenvalue weighted by atomic mass is 10.1. The maximum absolute atomic E-state index is 2.30. The number of thiophene rings is 2. The molecule has 0 radical (unpaired) electrons. The Morgan fingerprint density at radius 1 is 1.00 bits per heavy atom. The van der Waals surface area contributed by atoms with Crippen molar-refractivity contribution in [3.05, 3.63) is 34.7 Å². The maximum Gasteiger partial charge on any atom is 0.0534 e. The maximum atomic E-state index is 2.30. The van der Waals surface area contributed by atoms with E-state index in [0.717, 1.165) is 0 Å². The number of rotatable bonds is 0. The summed E-state index contributed by atoms with van der Waals surface area (Å²) in [5.41, 5.74) is 1.40. The van der Waals surface area contributed by atoms with Gasteiger partial charge in [0.1, 0.15) is 0 Å². The van der Waals surface area contributed by atoms with Crippen LogP contribution in [0, 0.1) is 13.8 Å². The Morgan fingerprint density at radius 2 is 1.86 bits per heavy atom. The van der Waals surface area contributed by atoms with Gasteiger partial charge < -0.3 is 0 Å². The molecule has 0 fully saturated rings. The minimum atomic E-state index is 1.40. The first kappa shape index (κ1) is 8.45. The zero-order valence-corrected chi connectivity index (χ0v) is 9.76. The SMILES string of the molecule is Cc1cc2sc3cccc(C)c3c2s1. The molecule has 2 aromatic heterocycles. The van der Waals surface area contributed by atoms with Crippen LogP contribution in [0.1, 0.15) is 10.4 Å². The molecule has 0 aliphatic carbocycles. The van der Waals surface area contributed by atoms with E-state index in [0.29, 0.717) is 0 Å². The Morgan fingerprint density at radius 3 is 2.71 bits per heavy atom. The molecule has 0 N–H and O–H groups in total. The van der Waals surface area contributed by atoms with Crippen molar-refractivity contribution in [3.63, 3.8) is 0 Å². The fourth-order valence-electron chi connectivity index (χ4n) is 1.88. The lowest BCUT2D eigenvalue weighted by molar-refractivity contribution is 1.56. The first-order valence-electron chi connectivity index (χ1n) is 4.64. The quantitative estimate of drug-likeness (QED) is 0.511. The lowest BCUT2D eigenvalue weighted by Gasteiger charge is -1.93. The van der Waals surface area contributed by atoms with Crippen molar-refractivity contribution in [2.75, 3.05) is 0 Å². The van der Waals surface area contributed by atoms with Crippen LogP contribution in [0.15, 0.2) is 24.3 Å². The second-order valence-electron chi connectivity index (χ2n) is 3.60. The molecule has 1 aromatic carbocycles. The van der Waals surface area contributed by atoms with Gasteiger partial charge in [-0.15, -0.1) is 22.7 Å². The van der Waals surface area contributed by atoms with Crippen LogP contribution in [0.2, 0.25) is 0 Å². The van der Waals surface area contributed by atoms with E-state index in [4.69, 9.17) is 0 Å². The minimum Gasteiger partial charge on any atom is -0.139 e. The van der Waals surface area contributed by atoms with Gasteiger partial charge in [-0.1, -0.05) is 12.1 Å². The average molecular weight is 218 g/mol. The first-order valence-corrected chi connectivity index (χ1v) is 6.27. The summed E-state index contributed by atoms with van der Waals surface area (Å²) >= 11 is 3.82.